The number of nitriles is 1. The summed E-state index contributed by atoms with van der Waals surface area (Å²) in [5.41, 5.74) is 9.26. The van der Waals surface area contributed by atoms with Crippen molar-refractivity contribution in [2.45, 2.75) is 45.6 Å². The normalized spacial score (nSPS) is 16.4. The molecule has 2 aliphatic heterocycles. The summed E-state index contributed by atoms with van der Waals surface area (Å²) in [5.74, 6) is 0.713. The molecule has 1 amide bonds. The number of aliphatic hydroxyl groups is 1. The van der Waals surface area contributed by atoms with Crippen molar-refractivity contribution >= 4 is 23.2 Å². The van der Waals surface area contributed by atoms with E-state index in [9.17, 15) is 15.2 Å². The van der Waals surface area contributed by atoms with E-state index < -0.39 is 6.23 Å². The van der Waals surface area contributed by atoms with E-state index in [0.717, 1.165) is 65.6 Å². The molecule has 2 aliphatic rings. The summed E-state index contributed by atoms with van der Waals surface area (Å²) in [7, 11) is 3.60. The Morgan fingerprint density at radius 2 is 1.76 bits per heavy atom. The molecule has 9 nitrogen and oxygen atoms in total. The van der Waals surface area contributed by atoms with E-state index in [1.165, 1.54) is 5.56 Å². The van der Waals surface area contributed by atoms with Crippen LogP contribution in [-0.2, 0) is 31.3 Å². The Balaban J connectivity index is 1.26. The first-order valence-corrected chi connectivity index (χ1v) is 18.8. The molecule has 278 valence electrons. The monoisotopic (exact) mass is 743 g/mol. The minimum absolute atomic E-state index is 0.0115. The van der Waals surface area contributed by atoms with E-state index in [4.69, 9.17) is 21.1 Å². The molecule has 1 aromatic heterocycles. The molecule has 1 N–H and O–H groups in total. The number of carbonyl (C=O) groups excluding carboxylic acids is 1. The Labute approximate surface area is 322 Å². The average molecular weight is 744 g/mol. The van der Waals surface area contributed by atoms with E-state index in [-0.39, 0.29) is 11.9 Å². The lowest BCUT2D eigenvalue weighted by Gasteiger charge is -2.40. The maximum absolute atomic E-state index is 14.9. The van der Waals surface area contributed by atoms with Crippen molar-refractivity contribution in [2.24, 2.45) is 7.05 Å². The highest BCUT2D eigenvalue weighted by Gasteiger charge is 2.34. The number of aliphatic hydroxyl groups excluding tert-OH is 1. The van der Waals surface area contributed by atoms with Gasteiger partial charge in [0.1, 0.15) is 5.75 Å². The highest BCUT2D eigenvalue weighted by atomic mass is 35.5. The van der Waals surface area contributed by atoms with Gasteiger partial charge in [0, 0.05) is 84.6 Å². The van der Waals surface area contributed by atoms with Crippen LogP contribution in [0.5, 0.6) is 5.75 Å². The largest absolute Gasteiger partial charge is 0.496 e. The number of aromatic nitrogens is 1. The number of methoxy groups -OCH3 is 1. The molecule has 7 rings (SSSR count). The SMILES string of the molecule is COc1cccc(CN(c2ccc(C#N)cc2)C(O)c2cc(-c3cc(Cl)ccc3C(=O)N3Cc4ccccc4CC3CN3CCOCC3)n(C)c2C)c1C. The third-order valence-corrected chi connectivity index (χ3v) is 11.3. The van der Waals surface area contributed by atoms with Crippen LogP contribution in [-0.4, -0.2) is 71.4 Å². The van der Waals surface area contributed by atoms with Crippen molar-refractivity contribution in [3.05, 3.63) is 141 Å². The van der Waals surface area contributed by atoms with Gasteiger partial charge in [-0.25, -0.2) is 0 Å². The summed E-state index contributed by atoms with van der Waals surface area (Å²) < 4.78 is 13.3. The smallest absolute Gasteiger partial charge is 0.255 e. The summed E-state index contributed by atoms with van der Waals surface area (Å²) in [6, 6.07) is 31.1. The van der Waals surface area contributed by atoms with Crippen LogP contribution in [0.4, 0.5) is 5.69 Å². The summed E-state index contributed by atoms with van der Waals surface area (Å²) in [4.78, 5) is 21.2. The first kappa shape index (κ1) is 37.2. The lowest BCUT2D eigenvalue weighted by Crippen LogP contribution is -2.52. The number of hydrogen-bond donors (Lipinski definition) is 1. The van der Waals surface area contributed by atoms with Crippen LogP contribution in [0.2, 0.25) is 5.02 Å². The molecule has 10 heteroatoms. The number of hydrogen-bond acceptors (Lipinski definition) is 7. The van der Waals surface area contributed by atoms with Crippen molar-refractivity contribution < 1.29 is 19.4 Å². The van der Waals surface area contributed by atoms with Gasteiger partial charge in [0.05, 0.1) is 32.0 Å². The second-order valence-corrected chi connectivity index (χ2v) is 14.6. The molecule has 2 unspecified atom stereocenters. The van der Waals surface area contributed by atoms with E-state index in [0.29, 0.717) is 53.6 Å². The van der Waals surface area contributed by atoms with Gasteiger partial charge in [0.15, 0.2) is 6.23 Å². The lowest BCUT2D eigenvalue weighted by atomic mass is 9.92. The topological polar surface area (TPSA) is 94.2 Å². The summed E-state index contributed by atoms with van der Waals surface area (Å²) in [5, 5.41) is 22.3. The molecule has 1 fully saturated rings. The van der Waals surface area contributed by atoms with Crippen LogP contribution in [0.1, 0.15) is 55.7 Å². The predicted molar refractivity (Wildman–Crippen MR) is 212 cm³/mol. The van der Waals surface area contributed by atoms with Crippen LogP contribution < -0.4 is 9.64 Å². The standard InChI is InChI=1S/C44H46ClN5O4/c1-29-33(10-7-11-42(29)53-4)26-49(36-15-12-31(25-46)13-16-36)44(52)39-24-41(47(3)30(39)2)40-23-35(45)14-17-38(40)43(51)50-27-34-9-6-5-8-32(34)22-37(50)28-48-18-20-54-21-19-48/h5-17,23-24,37,44,52H,18-22,26-28H2,1-4H3. The van der Waals surface area contributed by atoms with Crippen LogP contribution in [0.3, 0.4) is 0 Å². The molecule has 4 aromatic carbocycles. The number of anilines is 1. The maximum atomic E-state index is 14.9. The van der Waals surface area contributed by atoms with Gasteiger partial charge in [0.25, 0.3) is 5.91 Å². The first-order valence-electron chi connectivity index (χ1n) is 18.4. The molecular formula is C44H46ClN5O4. The number of amides is 1. The predicted octanol–water partition coefficient (Wildman–Crippen LogP) is 7.44. The fourth-order valence-electron chi connectivity index (χ4n) is 7.83. The number of benzene rings is 4. The molecule has 0 spiro atoms. The van der Waals surface area contributed by atoms with Crippen molar-refractivity contribution in [1.29, 1.82) is 5.26 Å². The van der Waals surface area contributed by atoms with Crippen LogP contribution >= 0.6 is 11.6 Å². The highest BCUT2D eigenvalue weighted by molar-refractivity contribution is 6.31. The minimum Gasteiger partial charge on any atom is -0.496 e. The number of nitrogens with zero attached hydrogens (tertiary/aromatic N) is 5. The third-order valence-electron chi connectivity index (χ3n) is 11.1. The zero-order valence-electron chi connectivity index (χ0n) is 31.3. The van der Waals surface area contributed by atoms with Crippen LogP contribution in [0, 0.1) is 25.2 Å². The molecule has 0 radical (unpaired) electrons. The number of morpholine rings is 1. The second kappa shape index (κ2) is 16.1. The number of carbonyl (C=O) groups is 1. The number of fused-ring (bicyclic) bond motifs is 1. The zero-order chi connectivity index (χ0) is 37.9. The van der Waals surface area contributed by atoms with Crippen LogP contribution in [0.25, 0.3) is 11.3 Å². The van der Waals surface area contributed by atoms with Gasteiger partial charge in [-0.1, -0.05) is 48.0 Å². The zero-order valence-corrected chi connectivity index (χ0v) is 32.0. The quantitative estimate of drug-likeness (QED) is 0.149. The third kappa shape index (κ3) is 7.48. The fraction of sp³-hybridized carbons (Fsp3) is 0.318. The molecule has 0 aliphatic carbocycles. The van der Waals surface area contributed by atoms with Gasteiger partial charge in [-0.3, -0.25) is 9.69 Å². The van der Waals surface area contributed by atoms with E-state index >= 15 is 0 Å². The molecule has 0 saturated carbocycles. The second-order valence-electron chi connectivity index (χ2n) is 14.2. The number of ether oxygens (including phenoxy) is 2. The van der Waals surface area contributed by atoms with Crippen molar-refractivity contribution in [2.75, 3.05) is 44.9 Å². The van der Waals surface area contributed by atoms with Crippen molar-refractivity contribution in [1.82, 2.24) is 14.4 Å². The van der Waals surface area contributed by atoms with E-state index in [2.05, 4.69) is 29.2 Å². The molecule has 3 heterocycles. The number of rotatable bonds is 10. The molecule has 1 saturated heterocycles. The van der Waals surface area contributed by atoms with Crippen molar-refractivity contribution in [3.63, 3.8) is 0 Å². The summed E-state index contributed by atoms with van der Waals surface area (Å²) >= 11 is 6.68. The lowest BCUT2D eigenvalue weighted by molar-refractivity contribution is 0.0193. The summed E-state index contributed by atoms with van der Waals surface area (Å²) in [6.45, 7) is 8.73. The van der Waals surface area contributed by atoms with E-state index in [1.54, 1.807) is 25.3 Å². The average Bonchev–Trinajstić information content (AvgIpc) is 3.50. The maximum Gasteiger partial charge on any atom is 0.255 e. The van der Waals surface area contributed by atoms with Gasteiger partial charge >= 0.3 is 0 Å². The van der Waals surface area contributed by atoms with Gasteiger partial charge in [-0.2, -0.15) is 5.26 Å². The number of halogens is 1. The Kier molecular flexibility index (Phi) is 11.1. The molecular weight excluding hydrogens is 698 g/mol. The molecule has 54 heavy (non-hydrogen) atoms. The van der Waals surface area contributed by atoms with Gasteiger partial charge in [0.2, 0.25) is 0 Å². The fourth-order valence-corrected chi connectivity index (χ4v) is 8.00. The Hall–Kier alpha value is -5.11. The molecule has 0 bridgehead atoms. The molecule has 2 atom stereocenters. The Bertz CT molecular complexity index is 2190. The first-order chi connectivity index (χ1) is 26.2. The highest BCUT2D eigenvalue weighted by Crippen LogP contribution is 2.38. The van der Waals surface area contributed by atoms with Gasteiger partial charge in [-0.05, 0) is 97.1 Å². The van der Waals surface area contributed by atoms with E-state index in [1.807, 2.05) is 89.9 Å². The minimum atomic E-state index is -1.07. The van der Waals surface area contributed by atoms with Crippen LogP contribution in [0.15, 0.2) is 91.0 Å². The molecule has 5 aromatic rings. The van der Waals surface area contributed by atoms with Gasteiger partial charge < -0.3 is 28.9 Å². The summed E-state index contributed by atoms with van der Waals surface area (Å²) in [6.07, 6.45) is -0.293. The Morgan fingerprint density at radius 3 is 2.48 bits per heavy atom. The van der Waals surface area contributed by atoms with Crippen molar-refractivity contribution in [3.8, 4) is 23.1 Å². The van der Waals surface area contributed by atoms with Gasteiger partial charge in [-0.15, -0.1) is 0 Å². The Morgan fingerprint density at radius 1 is 1.02 bits per heavy atom.